The van der Waals surface area contributed by atoms with Crippen molar-refractivity contribution in [2.24, 2.45) is 0 Å². The Morgan fingerprint density at radius 1 is 1.10 bits per heavy atom. The fourth-order valence-electron chi connectivity index (χ4n) is 3.09. The number of piperazine rings is 1. The summed E-state index contributed by atoms with van der Waals surface area (Å²) in [5, 5.41) is 1.10. The summed E-state index contributed by atoms with van der Waals surface area (Å²) in [7, 11) is 0. The number of H-pyrrole nitrogens is 1. The number of hydrogen-bond acceptors (Lipinski definition) is 2. The van der Waals surface area contributed by atoms with Crippen molar-refractivity contribution in [1.82, 2.24) is 14.8 Å². The molecular weight excluding hydrogens is 250 g/mol. The van der Waals surface area contributed by atoms with E-state index in [1.54, 1.807) is 0 Å². The SMILES string of the molecule is O=C(c1cc2ccccc2[nH]1)N1CCN(C2CC2)CC1. The number of carbonyl (C=O) groups excluding carboxylic acids is 1. The Balaban J connectivity index is 1.49. The zero-order valence-corrected chi connectivity index (χ0v) is 11.5. The number of nitrogens with zero attached hydrogens (tertiary/aromatic N) is 2. The van der Waals surface area contributed by atoms with Crippen LogP contribution in [0.15, 0.2) is 30.3 Å². The summed E-state index contributed by atoms with van der Waals surface area (Å²) >= 11 is 0. The lowest BCUT2D eigenvalue weighted by atomic mass is 10.2. The lowest BCUT2D eigenvalue weighted by Crippen LogP contribution is -2.49. The second-order valence-electron chi connectivity index (χ2n) is 5.83. The minimum absolute atomic E-state index is 0.136. The Morgan fingerprint density at radius 2 is 1.85 bits per heavy atom. The second-order valence-corrected chi connectivity index (χ2v) is 5.83. The highest BCUT2D eigenvalue weighted by molar-refractivity contribution is 5.98. The molecule has 1 saturated carbocycles. The van der Waals surface area contributed by atoms with Gasteiger partial charge >= 0.3 is 0 Å². The molecule has 4 nitrogen and oxygen atoms in total. The lowest BCUT2D eigenvalue weighted by Gasteiger charge is -2.34. The summed E-state index contributed by atoms with van der Waals surface area (Å²) in [4.78, 5) is 20.3. The Kier molecular flexibility index (Phi) is 2.77. The third-order valence-corrected chi connectivity index (χ3v) is 4.43. The first kappa shape index (κ1) is 12.0. The fourth-order valence-corrected chi connectivity index (χ4v) is 3.09. The normalized spacial score (nSPS) is 20.5. The predicted molar refractivity (Wildman–Crippen MR) is 78.8 cm³/mol. The third kappa shape index (κ3) is 2.10. The van der Waals surface area contributed by atoms with Crippen molar-refractivity contribution >= 4 is 16.8 Å². The van der Waals surface area contributed by atoms with Crippen molar-refractivity contribution in [2.45, 2.75) is 18.9 Å². The third-order valence-electron chi connectivity index (χ3n) is 4.43. The highest BCUT2D eigenvalue weighted by Gasteiger charge is 2.32. The molecule has 1 aromatic carbocycles. The van der Waals surface area contributed by atoms with Crippen LogP contribution in [0, 0.1) is 0 Å². The van der Waals surface area contributed by atoms with E-state index in [0.717, 1.165) is 43.1 Å². The molecule has 2 fully saturated rings. The van der Waals surface area contributed by atoms with Gasteiger partial charge in [0.1, 0.15) is 5.69 Å². The molecule has 0 bridgehead atoms. The maximum absolute atomic E-state index is 12.5. The predicted octanol–water partition coefficient (Wildman–Crippen LogP) is 2.09. The van der Waals surface area contributed by atoms with Crippen LogP contribution in [-0.2, 0) is 0 Å². The number of carbonyl (C=O) groups is 1. The number of aromatic amines is 1. The van der Waals surface area contributed by atoms with Gasteiger partial charge in [-0.1, -0.05) is 18.2 Å². The average molecular weight is 269 g/mol. The summed E-state index contributed by atoms with van der Waals surface area (Å²) in [6.07, 6.45) is 2.69. The molecule has 104 valence electrons. The van der Waals surface area contributed by atoms with Crippen LogP contribution in [0.1, 0.15) is 23.3 Å². The molecule has 0 atom stereocenters. The van der Waals surface area contributed by atoms with E-state index in [0.29, 0.717) is 5.69 Å². The second kappa shape index (κ2) is 4.63. The molecule has 1 aromatic heterocycles. The van der Waals surface area contributed by atoms with Crippen LogP contribution in [0.4, 0.5) is 0 Å². The monoisotopic (exact) mass is 269 g/mol. The quantitative estimate of drug-likeness (QED) is 0.906. The van der Waals surface area contributed by atoms with Crippen molar-refractivity contribution < 1.29 is 4.79 Å². The maximum atomic E-state index is 12.5. The van der Waals surface area contributed by atoms with Gasteiger partial charge < -0.3 is 9.88 Å². The molecule has 4 heteroatoms. The Bertz CT molecular complexity index is 603. The van der Waals surface area contributed by atoms with Gasteiger partial charge in [0.05, 0.1) is 0 Å². The summed E-state index contributed by atoms with van der Waals surface area (Å²) in [5.74, 6) is 0.136. The van der Waals surface area contributed by atoms with Gasteiger partial charge in [0.2, 0.25) is 0 Å². The van der Waals surface area contributed by atoms with Gasteiger partial charge in [-0.3, -0.25) is 9.69 Å². The number of nitrogens with one attached hydrogen (secondary N) is 1. The maximum Gasteiger partial charge on any atom is 0.270 e. The minimum Gasteiger partial charge on any atom is -0.351 e. The van der Waals surface area contributed by atoms with E-state index in [1.165, 1.54) is 12.8 Å². The number of amides is 1. The van der Waals surface area contributed by atoms with Gasteiger partial charge in [0, 0.05) is 43.1 Å². The van der Waals surface area contributed by atoms with Crippen molar-refractivity contribution in [2.75, 3.05) is 26.2 Å². The Labute approximate surface area is 118 Å². The van der Waals surface area contributed by atoms with Crippen molar-refractivity contribution in [1.29, 1.82) is 0 Å². The molecule has 0 spiro atoms. The number of para-hydroxylation sites is 1. The van der Waals surface area contributed by atoms with Gasteiger partial charge in [-0.05, 0) is 25.0 Å². The summed E-state index contributed by atoms with van der Waals surface area (Å²) < 4.78 is 0. The summed E-state index contributed by atoms with van der Waals surface area (Å²) in [5.41, 5.74) is 1.75. The first-order valence-electron chi connectivity index (χ1n) is 7.42. The van der Waals surface area contributed by atoms with E-state index in [-0.39, 0.29) is 5.91 Å². The number of hydrogen-bond donors (Lipinski definition) is 1. The summed E-state index contributed by atoms with van der Waals surface area (Å²) in [6, 6.07) is 10.8. The standard InChI is InChI=1S/C16H19N3O/c20-16(15-11-12-3-1-2-4-14(12)17-15)19-9-7-18(8-10-19)13-5-6-13/h1-4,11,13,17H,5-10H2. The lowest BCUT2D eigenvalue weighted by molar-refractivity contribution is 0.0622. The molecule has 0 unspecified atom stereocenters. The number of fused-ring (bicyclic) bond motifs is 1. The Morgan fingerprint density at radius 3 is 2.55 bits per heavy atom. The smallest absolute Gasteiger partial charge is 0.270 e. The molecule has 20 heavy (non-hydrogen) atoms. The first-order valence-corrected chi connectivity index (χ1v) is 7.42. The number of aromatic nitrogens is 1. The molecule has 1 N–H and O–H groups in total. The van der Waals surface area contributed by atoms with Crippen LogP contribution in [-0.4, -0.2) is 52.9 Å². The highest BCUT2D eigenvalue weighted by Crippen LogP contribution is 2.27. The molecule has 1 aliphatic heterocycles. The van der Waals surface area contributed by atoms with E-state index in [2.05, 4.69) is 9.88 Å². The molecule has 2 aromatic rings. The van der Waals surface area contributed by atoms with E-state index in [4.69, 9.17) is 0 Å². The van der Waals surface area contributed by atoms with Gasteiger partial charge in [-0.25, -0.2) is 0 Å². The van der Waals surface area contributed by atoms with Crippen LogP contribution in [0.25, 0.3) is 10.9 Å². The van der Waals surface area contributed by atoms with E-state index >= 15 is 0 Å². The minimum atomic E-state index is 0.136. The van der Waals surface area contributed by atoms with E-state index < -0.39 is 0 Å². The van der Waals surface area contributed by atoms with Crippen LogP contribution in [0.2, 0.25) is 0 Å². The van der Waals surface area contributed by atoms with E-state index in [9.17, 15) is 4.79 Å². The molecule has 1 aliphatic carbocycles. The molecule has 4 rings (SSSR count). The van der Waals surface area contributed by atoms with Crippen molar-refractivity contribution in [3.8, 4) is 0 Å². The zero-order chi connectivity index (χ0) is 13.5. The van der Waals surface area contributed by atoms with Gasteiger partial charge in [0.15, 0.2) is 0 Å². The molecule has 2 heterocycles. The largest absolute Gasteiger partial charge is 0.351 e. The van der Waals surface area contributed by atoms with Crippen LogP contribution < -0.4 is 0 Å². The Hall–Kier alpha value is -1.81. The number of benzene rings is 1. The average Bonchev–Trinajstić information content (AvgIpc) is 3.25. The van der Waals surface area contributed by atoms with Gasteiger partial charge in [-0.2, -0.15) is 0 Å². The molecular formula is C16H19N3O. The van der Waals surface area contributed by atoms with Crippen LogP contribution in [0.3, 0.4) is 0 Å². The van der Waals surface area contributed by atoms with Gasteiger partial charge in [-0.15, -0.1) is 0 Å². The molecule has 1 amide bonds. The topological polar surface area (TPSA) is 39.3 Å². The van der Waals surface area contributed by atoms with Gasteiger partial charge in [0.25, 0.3) is 5.91 Å². The molecule has 2 aliphatic rings. The van der Waals surface area contributed by atoms with Crippen molar-refractivity contribution in [3.63, 3.8) is 0 Å². The van der Waals surface area contributed by atoms with Crippen LogP contribution >= 0.6 is 0 Å². The van der Waals surface area contributed by atoms with E-state index in [1.807, 2.05) is 35.2 Å². The zero-order valence-electron chi connectivity index (χ0n) is 11.5. The van der Waals surface area contributed by atoms with Crippen LogP contribution in [0.5, 0.6) is 0 Å². The molecule has 1 saturated heterocycles. The van der Waals surface area contributed by atoms with Crippen molar-refractivity contribution in [3.05, 3.63) is 36.0 Å². The fraction of sp³-hybridized carbons (Fsp3) is 0.438. The highest BCUT2D eigenvalue weighted by atomic mass is 16.2. The first-order chi connectivity index (χ1) is 9.81. The summed E-state index contributed by atoms with van der Waals surface area (Å²) in [6.45, 7) is 3.75. The number of rotatable bonds is 2. The molecule has 0 radical (unpaired) electrons.